The SMILES string of the molecule is C[C@H](OC(=O)c1cc[n+]([O-])cc1)C(=O)Nc1cccc(C#N)c1. The summed E-state index contributed by atoms with van der Waals surface area (Å²) in [6, 6.07) is 10.9. The van der Waals surface area contributed by atoms with E-state index in [1.54, 1.807) is 18.2 Å². The van der Waals surface area contributed by atoms with Crippen LogP contribution in [0.4, 0.5) is 5.69 Å². The molecule has 0 aliphatic heterocycles. The van der Waals surface area contributed by atoms with Gasteiger partial charge in [-0.3, -0.25) is 4.79 Å². The van der Waals surface area contributed by atoms with Crippen molar-refractivity contribution in [3.05, 3.63) is 65.1 Å². The van der Waals surface area contributed by atoms with E-state index in [1.165, 1.54) is 25.1 Å². The lowest BCUT2D eigenvalue weighted by Crippen LogP contribution is -2.30. The van der Waals surface area contributed by atoms with Crippen LogP contribution in [0.15, 0.2) is 48.8 Å². The van der Waals surface area contributed by atoms with Crippen LogP contribution in [0.3, 0.4) is 0 Å². The number of nitriles is 1. The number of carbonyl (C=O) groups is 2. The van der Waals surface area contributed by atoms with E-state index in [2.05, 4.69) is 5.32 Å². The lowest BCUT2D eigenvalue weighted by molar-refractivity contribution is -0.605. The van der Waals surface area contributed by atoms with Gasteiger partial charge in [-0.2, -0.15) is 9.99 Å². The maximum atomic E-state index is 12.0. The van der Waals surface area contributed by atoms with Crippen LogP contribution in [0.25, 0.3) is 0 Å². The van der Waals surface area contributed by atoms with Gasteiger partial charge in [0.1, 0.15) is 0 Å². The Morgan fingerprint density at radius 2 is 2.00 bits per heavy atom. The highest BCUT2D eigenvalue weighted by molar-refractivity contribution is 5.97. The minimum atomic E-state index is -1.03. The third kappa shape index (κ3) is 4.28. The molecule has 1 atom stereocenters. The molecule has 0 bridgehead atoms. The summed E-state index contributed by atoms with van der Waals surface area (Å²) in [4.78, 5) is 23.9. The lowest BCUT2D eigenvalue weighted by atomic mass is 10.2. The number of hydrogen-bond acceptors (Lipinski definition) is 5. The molecule has 23 heavy (non-hydrogen) atoms. The van der Waals surface area contributed by atoms with E-state index in [0.717, 1.165) is 12.4 Å². The van der Waals surface area contributed by atoms with Crippen LogP contribution >= 0.6 is 0 Å². The average Bonchev–Trinajstić information content (AvgIpc) is 2.55. The number of esters is 1. The Morgan fingerprint density at radius 3 is 2.65 bits per heavy atom. The van der Waals surface area contributed by atoms with Gasteiger partial charge in [0.25, 0.3) is 5.91 Å². The van der Waals surface area contributed by atoms with Crippen molar-refractivity contribution in [1.29, 1.82) is 5.26 Å². The zero-order valence-electron chi connectivity index (χ0n) is 12.2. The van der Waals surface area contributed by atoms with Gasteiger partial charge in [-0.15, -0.1) is 0 Å². The largest absolute Gasteiger partial charge is 0.619 e. The van der Waals surface area contributed by atoms with Crippen molar-refractivity contribution in [2.24, 2.45) is 0 Å². The van der Waals surface area contributed by atoms with Crippen molar-refractivity contribution in [3.8, 4) is 6.07 Å². The standard InChI is InChI=1S/C16H13N3O4/c1-11(23-16(21)13-5-7-19(22)8-6-13)15(20)18-14-4-2-3-12(9-14)10-17/h2-9,11H,1H3,(H,18,20)/t11-/m0/s1. The summed E-state index contributed by atoms with van der Waals surface area (Å²) in [5.41, 5.74) is 1.01. The van der Waals surface area contributed by atoms with Gasteiger partial charge in [-0.25, -0.2) is 4.79 Å². The monoisotopic (exact) mass is 311 g/mol. The molecule has 0 aliphatic carbocycles. The van der Waals surface area contributed by atoms with Crippen molar-refractivity contribution in [2.75, 3.05) is 5.32 Å². The molecule has 116 valence electrons. The molecule has 0 spiro atoms. The number of rotatable bonds is 4. The van der Waals surface area contributed by atoms with E-state index < -0.39 is 18.0 Å². The molecule has 2 rings (SSSR count). The second-order valence-electron chi connectivity index (χ2n) is 4.68. The Labute approximate surface area is 132 Å². The molecule has 0 aliphatic rings. The Balaban J connectivity index is 1.98. The highest BCUT2D eigenvalue weighted by Crippen LogP contribution is 2.11. The fourth-order valence-electron chi connectivity index (χ4n) is 1.74. The minimum absolute atomic E-state index is 0.170. The van der Waals surface area contributed by atoms with Crippen LogP contribution in [0, 0.1) is 16.5 Å². The molecule has 1 amide bonds. The summed E-state index contributed by atoms with van der Waals surface area (Å²) in [5, 5.41) is 22.3. The van der Waals surface area contributed by atoms with E-state index >= 15 is 0 Å². The van der Waals surface area contributed by atoms with Gasteiger partial charge >= 0.3 is 5.97 Å². The third-order valence-electron chi connectivity index (χ3n) is 2.95. The molecule has 1 N–H and O–H groups in total. The molecule has 1 aromatic carbocycles. The fraction of sp³-hybridized carbons (Fsp3) is 0.125. The van der Waals surface area contributed by atoms with Crippen molar-refractivity contribution < 1.29 is 19.1 Å². The van der Waals surface area contributed by atoms with Crippen LogP contribution < -0.4 is 10.0 Å². The molecule has 0 fully saturated rings. The van der Waals surface area contributed by atoms with E-state index in [0.29, 0.717) is 16.0 Å². The molecule has 1 aromatic heterocycles. The molecule has 2 aromatic rings. The van der Waals surface area contributed by atoms with Crippen molar-refractivity contribution >= 4 is 17.6 Å². The molecule has 0 unspecified atom stereocenters. The van der Waals surface area contributed by atoms with Crippen LogP contribution in [-0.4, -0.2) is 18.0 Å². The minimum Gasteiger partial charge on any atom is -0.619 e. The maximum absolute atomic E-state index is 12.0. The van der Waals surface area contributed by atoms with Crippen LogP contribution in [-0.2, 0) is 9.53 Å². The van der Waals surface area contributed by atoms with Crippen molar-refractivity contribution in [2.45, 2.75) is 13.0 Å². The van der Waals surface area contributed by atoms with E-state index in [4.69, 9.17) is 10.00 Å². The molecule has 1 heterocycles. The number of amides is 1. The van der Waals surface area contributed by atoms with Crippen LogP contribution in [0.2, 0.25) is 0 Å². The normalized spacial score (nSPS) is 11.1. The molecule has 0 saturated carbocycles. The fourth-order valence-corrected chi connectivity index (χ4v) is 1.74. The number of aromatic nitrogens is 1. The number of carbonyl (C=O) groups excluding carboxylic acids is 2. The Hall–Kier alpha value is -3.40. The summed E-state index contributed by atoms with van der Waals surface area (Å²) < 4.78 is 5.58. The summed E-state index contributed by atoms with van der Waals surface area (Å²) in [7, 11) is 0. The molecule has 0 saturated heterocycles. The zero-order chi connectivity index (χ0) is 16.8. The van der Waals surface area contributed by atoms with E-state index in [9.17, 15) is 14.8 Å². The zero-order valence-corrected chi connectivity index (χ0v) is 12.2. The van der Waals surface area contributed by atoms with Crippen molar-refractivity contribution in [3.63, 3.8) is 0 Å². The summed E-state index contributed by atoms with van der Waals surface area (Å²) >= 11 is 0. The molecule has 7 nitrogen and oxygen atoms in total. The first-order chi connectivity index (χ1) is 11.0. The van der Waals surface area contributed by atoms with Crippen LogP contribution in [0.5, 0.6) is 0 Å². The Kier molecular flexibility index (Phi) is 4.89. The van der Waals surface area contributed by atoms with E-state index in [-0.39, 0.29) is 5.56 Å². The van der Waals surface area contributed by atoms with Gasteiger partial charge in [-0.05, 0) is 25.1 Å². The highest BCUT2D eigenvalue weighted by atomic mass is 16.5. The number of pyridine rings is 1. The topological polar surface area (TPSA) is 106 Å². The molecule has 7 heteroatoms. The predicted molar refractivity (Wildman–Crippen MR) is 80.1 cm³/mol. The second-order valence-corrected chi connectivity index (χ2v) is 4.68. The molecular weight excluding hydrogens is 298 g/mol. The smallest absolute Gasteiger partial charge is 0.339 e. The Morgan fingerprint density at radius 1 is 1.30 bits per heavy atom. The quantitative estimate of drug-likeness (QED) is 0.521. The summed E-state index contributed by atoms with van der Waals surface area (Å²) in [6.07, 6.45) is 1.29. The molecule has 0 radical (unpaired) electrons. The summed E-state index contributed by atoms with van der Waals surface area (Å²) in [5.74, 6) is -1.23. The maximum Gasteiger partial charge on any atom is 0.339 e. The van der Waals surface area contributed by atoms with Crippen molar-refractivity contribution in [1.82, 2.24) is 0 Å². The van der Waals surface area contributed by atoms with Crippen LogP contribution in [0.1, 0.15) is 22.8 Å². The van der Waals surface area contributed by atoms with Gasteiger partial charge in [0.2, 0.25) is 0 Å². The highest BCUT2D eigenvalue weighted by Gasteiger charge is 2.19. The van der Waals surface area contributed by atoms with Gasteiger partial charge in [0.15, 0.2) is 18.5 Å². The number of ether oxygens (including phenoxy) is 1. The number of benzene rings is 1. The van der Waals surface area contributed by atoms with Gasteiger partial charge in [0.05, 0.1) is 17.2 Å². The molecular formula is C16H13N3O4. The summed E-state index contributed by atoms with van der Waals surface area (Å²) in [6.45, 7) is 1.43. The number of nitrogens with one attached hydrogen (secondary N) is 1. The predicted octanol–water partition coefficient (Wildman–Crippen LogP) is 1.38. The van der Waals surface area contributed by atoms with Gasteiger partial charge in [-0.1, -0.05) is 6.07 Å². The average molecular weight is 311 g/mol. The van der Waals surface area contributed by atoms with E-state index in [1.807, 2.05) is 6.07 Å². The third-order valence-corrected chi connectivity index (χ3v) is 2.95. The first kappa shape index (κ1) is 16.0. The lowest BCUT2D eigenvalue weighted by Gasteiger charge is -2.13. The van der Waals surface area contributed by atoms with Gasteiger partial charge in [0, 0.05) is 17.8 Å². The first-order valence-corrected chi connectivity index (χ1v) is 6.70. The number of nitrogens with zero attached hydrogens (tertiary/aromatic N) is 2. The number of anilines is 1. The number of hydrogen-bond donors (Lipinski definition) is 1. The first-order valence-electron chi connectivity index (χ1n) is 6.70. The Bertz CT molecular complexity index is 766. The second kappa shape index (κ2) is 7.04. The van der Waals surface area contributed by atoms with Gasteiger partial charge < -0.3 is 15.3 Å².